The highest BCUT2D eigenvalue weighted by Gasteiger charge is 2.26. The molecule has 0 fully saturated rings. The number of aliphatic hydroxyl groups excluding tert-OH is 2. The van der Waals surface area contributed by atoms with Gasteiger partial charge in [-0.2, -0.15) is 0 Å². The molecule has 0 saturated carbocycles. The predicted octanol–water partition coefficient (Wildman–Crippen LogP) is 5.87. The minimum atomic E-state index is 0.180. The van der Waals surface area contributed by atoms with Gasteiger partial charge in [-0.05, 0) is 73.1 Å². The molecule has 1 heterocycles. The Morgan fingerprint density at radius 3 is 2.50 bits per heavy atom. The van der Waals surface area contributed by atoms with Gasteiger partial charge in [0.2, 0.25) is 0 Å². The molecule has 0 spiro atoms. The maximum absolute atomic E-state index is 10.6. The summed E-state index contributed by atoms with van der Waals surface area (Å²) in [5, 5.41) is 20.6. The van der Waals surface area contributed by atoms with Crippen molar-refractivity contribution in [3.05, 3.63) is 58.6 Å². The maximum Gasteiger partial charge on any atom is 0.0947 e. The van der Waals surface area contributed by atoms with Crippen LogP contribution in [0.15, 0.2) is 36.2 Å². The second kappa shape index (κ2) is 8.91. The van der Waals surface area contributed by atoms with Gasteiger partial charge >= 0.3 is 0 Å². The van der Waals surface area contributed by atoms with Crippen molar-refractivity contribution in [2.75, 3.05) is 6.61 Å². The molecule has 150 valence electrons. The molecule has 2 atom stereocenters. The summed E-state index contributed by atoms with van der Waals surface area (Å²) in [6.45, 7) is 8.78. The first-order chi connectivity index (χ1) is 13.4. The third-order valence-electron chi connectivity index (χ3n) is 5.96. The van der Waals surface area contributed by atoms with Gasteiger partial charge in [0.05, 0.1) is 11.5 Å². The lowest BCUT2D eigenvalue weighted by atomic mass is 9.78. The van der Waals surface area contributed by atoms with Gasteiger partial charge in [-0.1, -0.05) is 43.7 Å². The lowest BCUT2D eigenvalue weighted by Gasteiger charge is -2.29. The molecule has 3 nitrogen and oxygen atoms in total. The van der Waals surface area contributed by atoms with Crippen molar-refractivity contribution in [3.63, 3.8) is 0 Å². The number of rotatable bonds is 5. The smallest absolute Gasteiger partial charge is 0.0947 e. The standard InChI is InChI=1S/C25H33NO2/c1-16(2)11-21(15-27)20-9-10-23-24(13-22(28)12-20)26-14-18(4)25(23)19-7-5-17(3)6-8-19/h5-8,13-14,16,20-21,27-28H,9-12,15H2,1-4H3/b22-13+/t20?,21-/m0/s1. The van der Waals surface area contributed by atoms with Crippen LogP contribution in [0.2, 0.25) is 0 Å². The molecular formula is C25H33NO2. The van der Waals surface area contributed by atoms with Crippen LogP contribution in [0.1, 0.15) is 55.5 Å². The highest BCUT2D eigenvalue weighted by Crippen LogP contribution is 2.37. The fourth-order valence-electron chi connectivity index (χ4n) is 4.52. The van der Waals surface area contributed by atoms with Gasteiger partial charge in [-0.15, -0.1) is 0 Å². The van der Waals surface area contributed by atoms with E-state index < -0.39 is 0 Å². The van der Waals surface area contributed by atoms with E-state index in [4.69, 9.17) is 0 Å². The van der Waals surface area contributed by atoms with Crippen molar-refractivity contribution in [1.29, 1.82) is 0 Å². The number of pyridine rings is 1. The average molecular weight is 380 g/mol. The average Bonchev–Trinajstić information content (AvgIpc) is 2.64. The number of hydrogen-bond acceptors (Lipinski definition) is 3. The Balaban J connectivity index is 2.01. The Morgan fingerprint density at radius 2 is 1.86 bits per heavy atom. The summed E-state index contributed by atoms with van der Waals surface area (Å²) in [5.41, 5.74) is 6.93. The van der Waals surface area contributed by atoms with Crippen LogP contribution in [0.25, 0.3) is 17.2 Å². The Morgan fingerprint density at radius 1 is 1.14 bits per heavy atom. The number of allylic oxidation sites excluding steroid dienone is 1. The molecule has 2 N–H and O–H groups in total. The van der Waals surface area contributed by atoms with Gasteiger partial charge in [0.1, 0.15) is 0 Å². The highest BCUT2D eigenvalue weighted by atomic mass is 16.3. The Hall–Kier alpha value is -2.13. The summed E-state index contributed by atoms with van der Waals surface area (Å²) in [6, 6.07) is 8.64. The van der Waals surface area contributed by atoms with Crippen molar-refractivity contribution >= 4 is 6.08 Å². The number of aromatic nitrogens is 1. The van der Waals surface area contributed by atoms with Crippen LogP contribution in [0.3, 0.4) is 0 Å². The fourth-order valence-corrected chi connectivity index (χ4v) is 4.52. The predicted molar refractivity (Wildman–Crippen MR) is 116 cm³/mol. The van der Waals surface area contributed by atoms with Gasteiger partial charge in [-0.3, -0.25) is 4.98 Å². The third-order valence-corrected chi connectivity index (χ3v) is 5.96. The quantitative estimate of drug-likeness (QED) is 0.683. The lowest BCUT2D eigenvalue weighted by molar-refractivity contribution is 0.139. The number of aliphatic hydroxyl groups is 2. The van der Waals surface area contributed by atoms with Crippen LogP contribution in [-0.4, -0.2) is 21.8 Å². The molecule has 0 aliphatic heterocycles. The molecule has 1 aromatic carbocycles. The Kier molecular flexibility index (Phi) is 6.56. The first kappa shape index (κ1) is 20.6. The van der Waals surface area contributed by atoms with Crippen LogP contribution in [-0.2, 0) is 6.42 Å². The van der Waals surface area contributed by atoms with E-state index in [-0.39, 0.29) is 18.4 Å². The van der Waals surface area contributed by atoms with E-state index in [1.165, 1.54) is 22.3 Å². The van der Waals surface area contributed by atoms with Crippen molar-refractivity contribution in [2.45, 2.75) is 53.4 Å². The van der Waals surface area contributed by atoms with E-state index in [1.807, 2.05) is 12.3 Å². The Labute approximate surface area is 169 Å². The Bertz CT molecular complexity index is 836. The van der Waals surface area contributed by atoms with Gasteiger partial charge in [0.25, 0.3) is 0 Å². The second-order valence-electron chi connectivity index (χ2n) is 8.76. The number of aryl methyl sites for hydroxylation is 2. The van der Waals surface area contributed by atoms with E-state index in [2.05, 4.69) is 56.9 Å². The maximum atomic E-state index is 10.6. The van der Waals surface area contributed by atoms with Crippen LogP contribution in [0.5, 0.6) is 0 Å². The van der Waals surface area contributed by atoms with Gasteiger partial charge < -0.3 is 10.2 Å². The van der Waals surface area contributed by atoms with Crippen LogP contribution >= 0.6 is 0 Å². The number of benzene rings is 1. The molecule has 1 aromatic heterocycles. The molecule has 1 unspecified atom stereocenters. The molecule has 1 aliphatic carbocycles. The zero-order chi connectivity index (χ0) is 20.3. The van der Waals surface area contributed by atoms with Gasteiger partial charge in [-0.25, -0.2) is 0 Å². The van der Waals surface area contributed by atoms with Crippen molar-refractivity contribution in [2.24, 2.45) is 17.8 Å². The second-order valence-corrected chi connectivity index (χ2v) is 8.76. The van der Waals surface area contributed by atoms with Crippen molar-refractivity contribution in [1.82, 2.24) is 4.98 Å². The highest BCUT2D eigenvalue weighted by molar-refractivity contribution is 5.74. The van der Waals surface area contributed by atoms with Crippen molar-refractivity contribution < 1.29 is 10.2 Å². The summed E-state index contributed by atoms with van der Waals surface area (Å²) in [6.07, 6.45) is 7.21. The summed E-state index contributed by atoms with van der Waals surface area (Å²) >= 11 is 0. The minimum Gasteiger partial charge on any atom is -0.512 e. The zero-order valence-corrected chi connectivity index (χ0v) is 17.6. The van der Waals surface area contributed by atoms with Crippen molar-refractivity contribution in [3.8, 4) is 11.1 Å². The molecule has 0 amide bonds. The topological polar surface area (TPSA) is 53.4 Å². The van der Waals surface area contributed by atoms with E-state index in [1.54, 1.807) is 0 Å². The van der Waals surface area contributed by atoms with Crippen LogP contribution in [0.4, 0.5) is 0 Å². The third kappa shape index (κ3) is 4.64. The van der Waals surface area contributed by atoms with Gasteiger partial charge in [0, 0.05) is 25.3 Å². The van der Waals surface area contributed by atoms with E-state index in [0.29, 0.717) is 18.1 Å². The van der Waals surface area contributed by atoms with E-state index in [9.17, 15) is 10.2 Å². The van der Waals surface area contributed by atoms with E-state index in [0.717, 1.165) is 30.5 Å². The molecule has 1 aliphatic rings. The molecule has 28 heavy (non-hydrogen) atoms. The van der Waals surface area contributed by atoms with Crippen LogP contribution in [0, 0.1) is 31.6 Å². The summed E-state index contributed by atoms with van der Waals surface area (Å²) in [7, 11) is 0. The molecule has 3 rings (SSSR count). The first-order valence-corrected chi connectivity index (χ1v) is 10.4. The largest absolute Gasteiger partial charge is 0.512 e. The minimum absolute atomic E-state index is 0.180. The fraction of sp³-hybridized carbons (Fsp3) is 0.480. The summed E-state index contributed by atoms with van der Waals surface area (Å²) < 4.78 is 0. The summed E-state index contributed by atoms with van der Waals surface area (Å²) in [5.74, 6) is 1.41. The van der Waals surface area contributed by atoms with Crippen LogP contribution < -0.4 is 0 Å². The normalized spacial score (nSPS) is 20.1. The molecule has 3 heteroatoms. The van der Waals surface area contributed by atoms with Gasteiger partial charge in [0.15, 0.2) is 0 Å². The SMILES string of the molecule is Cc1ccc(-c2c(C)cnc3c2CCC([C@H](CO)CC(C)C)C/C(O)=C\3)cc1. The number of hydrogen-bond donors (Lipinski definition) is 2. The molecule has 0 saturated heterocycles. The first-order valence-electron chi connectivity index (χ1n) is 10.4. The molecule has 0 bridgehead atoms. The number of fused-ring (bicyclic) bond motifs is 1. The zero-order valence-electron chi connectivity index (χ0n) is 17.6. The molecule has 0 radical (unpaired) electrons. The monoisotopic (exact) mass is 379 g/mol. The molecule has 2 aromatic rings. The molecular weight excluding hydrogens is 346 g/mol. The van der Waals surface area contributed by atoms with E-state index >= 15 is 0 Å². The number of nitrogens with zero attached hydrogens (tertiary/aromatic N) is 1. The lowest BCUT2D eigenvalue weighted by Crippen LogP contribution is -2.23. The summed E-state index contributed by atoms with van der Waals surface area (Å²) in [4.78, 5) is 4.63.